The molecular formula is C12H16N2O2S. The molecule has 1 aliphatic carbocycles. The summed E-state index contributed by atoms with van der Waals surface area (Å²) in [7, 11) is -3.51. The van der Waals surface area contributed by atoms with E-state index in [1.165, 1.54) is 0 Å². The van der Waals surface area contributed by atoms with Gasteiger partial charge in [-0.1, -0.05) is 25.1 Å². The third kappa shape index (κ3) is 2.85. The number of hydrogen-bond acceptors (Lipinski definition) is 3. The van der Waals surface area contributed by atoms with Crippen LogP contribution in [0.25, 0.3) is 0 Å². The zero-order chi connectivity index (χ0) is 12.3. The van der Waals surface area contributed by atoms with E-state index < -0.39 is 10.0 Å². The largest absolute Gasteiger partial charge is 0.276 e. The number of hydrogen-bond donors (Lipinski definition) is 1. The summed E-state index contributed by atoms with van der Waals surface area (Å²) in [5.74, 6) is 0.383. The summed E-state index contributed by atoms with van der Waals surface area (Å²) in [5.41, 5.74) is 0.949. The molecule has 92 valence electrons. The average molecular weight is 252 g/mol. The number of nitrogens with zero attached hydrogens (tertiary/aromatic N) is 1. The van der Waals surface area contributed by atoms with Crippen LogP contribution in [0.2, 0.25) is 0 Å². The molecule has 17 heavy (non-hydrogen) atoms. The monoisotopic (exact) mass is 252 g/mol. The van der Waals surface area contributed by atoms with Crippen molar-refractivity contribution in [3.8, 4) is 0 Å². The molecule has 0 saturated heterocycles. The molecule has 0 heterocycles. The van der Waals surface area contributed by atoms with Crippen molar-refractivity contribution in [2.24, 2.45) is 11.0 Å². The van der Waals surface area contributed by atoms with Crippen LogP contribution in [0.5, 0.6) is 0 Å². The van der Waals surface area contributed by atoms with E-state index in [9.17, 15) is 8.42 Å². The summed E-state index contributed by atoms with van der Waals surface area (Å²) in [6.45, 7) is 2.07. The van der Waals surface area contributed by atoms with Crippen LogP contribution in [-0.2, 0) is 10.0 Å². The maximum atomic E-state index is 11.9. The fourth-order valence-corrected chi connectivity index (χ4v) is 2.80. The van der Waals surface area contributed by atoms with Gasteiger partial charge in [0.1, 0.15) is 0 Å². The number of benzene rings is 1. The van der Waals surface area contributed by atoms with Crippen molar-refractivity contribution in [3.63, 3.8) is 0 Å². The Kier molecular flexibility index (Phi) is 3.47. The van der Waals surface area contributed by atoms with Crippen molar-refractivity contribution in [3.05, 3.63) is 30.3 Å². The van der Waals surface area contributed by atoms with Gasteiger partial charge in [0.15, 0.2) is 0 Å². The Hall–Kier alpha value is -1.36. The van der Waals surface area contributed by atoms with Gasteiger partial charge >= 0.3 is 0 Å². The second-order valence-corrected chi connectivity index (χ2v) is 5.97. The third-order valence-corrected chi connectivity index (χ3v) is 4.23. The Labute approximate surface area is 102 Å². The van der Waals surface area contributed by atoms with E-state index in [1.807, 2.05) is 0 Å². The Morgan fingerprint density at radius 3 is 2.59 bits per heavy atom. The first kappa shape index (κ1) is 12.1. The first-order chi connectivity index (χ1) is 8.09. The molecule has 0 aliphatic heterocycles. The lowest BCUT2D eigenvalue weighted by Crippen LogP contribution is -2.20. The highest BCUT2D eigenvalue weighted by atomic mass is 32.2. The molecule has 1 fully saturated rings. The topological polar surface area (TPSA) is 58.5 Å². The quantitative estimate of drug-likeness (QED) is 0.838. The van der Waals surface area contributed by atoms with E-state index in [0.717, 1.165) is 25.0 Å². The molecule has 4 nitrogen and oxygen atoms in total. The van der Waals surface area contributed by atoms with Crippen LogP contribution < -0.4 is 4.83 Å². The molecule has 1 unspecified atom stereocenters. The Morgan fingerprint density at radius 2 is 2.00 bits per heavy atom. The lowest BCUT2D eigenvalue weighted by Gasteiger charge is -2.06. The molecule has 1 saturated carbocycles. The first-order valence-corrected chi connectivity index (χ1v) is 7.21. The maximum Gasteiger partial charge on any atom is 0.276 e. The summed E-state index contributed by atoms with van der Waals surface area (Å²) in [6.07, 6.45) is 3.07. The number of sulfonamides is 1. The molecule has 0 bridgehead atoms. The minimum atomic E-state index is -3.51. The van der Waals surface area contributed by atoms with Crippen molar-refractivity contribution in [2.45, 2.75) is 31.1 Å². The number of rotatable bonds is 3. The molecule has 1 N–H and O–H groups in total. The third-order valence-electron chi connectivity index (χ3n) is 3.00. The highest BCUT2D eigenvalue weighted by Crippen LogP contribution is 2.21. The van der Waals surface area contributed by atoms with Gasteiger partial charge in [0, 0.05) is 5.71 Å². The van der Waals surface area contributed by atoms with Gasteiger partial charge in [-0.3, -0.25) is 0 Å². The molecule has 1 aliphatic rings. The van der Waals surface area contributed by atoms with E-state index in [0.29, 0.717) is 5.92 Å². The predicted octanol–water partition coefficient (Wildman–Crippen LogP) is 2.14. The number of hydrazone groups is 1. The normalized spacial score (nSPS) is 22.9. The van der Waals surface area contributed by atoms with Crippen LogP contribution >= 0.6 is 0 Å². The van der Waals surface area contributed by atoms with Crippen LogP contribution in [-0.4, -0.2) is 14.1 Å². The first-order valence-electron chi connectivity index (χ1n) is 5.73. The van der Waals surface area contributed by atoms with Crippen LogP contribution in [0, 0.1) is 5.92 Å². The van der Waals surface area contributed by atoms with Gasteiger partial charge in [-0.2, -0.15) is 13.5 Å². The van der Waals surface area contributed by atoms with E-state index in [1.54, 1.807) is 30.3 Å². The van der Waals surface area contributed by atoms with Crippen LogP contribution in [0.3, 0.4) is 0 Å². The average Bonchev–Trinajstić information content (AvgIpc) is 2.74. The van der Waals surface area contributed by atoms with Gasteiger partial charge in [0.25, 0.3) is 10.0 Å². The predicted molar refractivity (Wildman–Crippen MR) is 67.2 cm³/mol. The Bertz CT molecular complexity index is 509. The lowest BCUT2D eigenvalue weighted by molar-refractivity contribution is 0.584. The minimum Gasteiger partial charge on any atom is -0.200 e. The molecule has 0 amide bonds. The van der Waals surface area contributed by atoms with E-state index in [-0.39, 0.29) is 4.90 Å². The summed E-state index contributed by atoms with van der Waals surface area (Å²) < 4.78 is 23.8. The standard InChI is InChI=1S/C12H16N2O2S/c1-10-6-5-9-12(10)13-14-17(15,16)11-7-3-2-4-8-11/h2-4,7-8,10,14H,5-6,9H2,1H3. The lowest BCUT2D eigenvalue weighted by atomic mass is 10.1. The zero-order valence-electron chi connectivity index (χ0n) is 9.76. The molecule has 1 aromatic carbocycles. The molecular weight excluding hydrogens is 236 g/mol. The second kappa shape index (κ2) is 4.87. The molecule has 1 aromatic rings. The van der Waals surface area contributed by atoms with Crippen molar-refractivity contribution in [2.75, 3.05) is 0 Å². The van der Waals surface area contributed by atoms with Crippen LogP contribution in [0.1, 0.15) is 26.2 Å². The van der Waals surface area contributed by atoms with Crippen molar-refractivity contribution < 1.29 is 8.42 Å². The van der Waals surface area contributed by atoms with Crippen molar-refractivity contribution in [1.82, 2.24) is 4.83 Å². The summed E-state index contributed by atoms with van der Waals surface area (Å²) in [6, 6.07) is 8.28. The number of nitrogens with one attached hydrogen (secondary N) is 1. The maximum absolute atomic E-state index is 11.9. The smallest absolute Gasteiger partial charge is 0.200 e. The van der Waals surface area contributed by atoms with Crippen LogP contribution in [0.15, 0.2) is 40.3 Å². The fraction of sp³-hybridized carbons (Fsp3) is 0.417. The van der Waals surface area contributed by atoms with Gasteiger partial charge in [0.2, 0.25) is 0 Å². The summed E-state index contributed by atoms with van der Waals surface area (Å²) in [5, 5.41) is 4.03. The highest BCUT2D eigenvalue weighted by molar-refractivity contribution is 7.89. The highest BCUT2D eigenvalue weighted by Gasteiger charge is 2.19. The van der Waals surface area contributed by atoms with Crippen molar-refractivity contribution in [1.29, 1.82) is 0 Å². The minimum absolute atomic E-state index is 0.245. The summed E-state index contributed by atoms with van der Waals surface area (Å²) >= 11 is 0. The van der Waals surface area contributed by atoms with Gasteiger partial charge in [-0.25, -0.2) is 4.83 Å². The fourth-order valence-electron chi connectivity index (χ4n) is 1.94. The molecule has 1 atom stereocenters. The van der Waals surface area contributed by atoms with E-state index in [2.05, 4.69) is 16.9 Å². The molecule has 0 spiro atoms. The van der Waals surface area contributed by atoms with E-state index >= 15 is 0 Å². The van der Waals surface area contributed by atoms with Crippen LogP contribution in [0.4, 0.5) is 0 Å². The van der Waals surface area contributed by atoms with Crippen molar-refractivity contribution >= 4 is 15.7 Å². The van der Waals surface area contributed by atoms with Gasteiger partial charge < -0.3 is 0 Å². The Morgan fingerprint density at radius 1 is 1.29 bits per heavy atom. The molecule has 0 radical (unpaired) electrons. The molecule has 0 aromatic heterocycles. The van der Waals surface area contributed by atoms with Gasteiger partial charge in [0.05, 0.1) is 4.90 Å². The Balaban J connectivity index is 2.14. The summed E-state index contributed by atoms with van der Waals surface area (Å²) in [4.78, 5) is 2.55. The SMILES string of the molecule is CC1CCCC1=NNS(=O)(=O)c1ccccc1. The van der Waals surface area contributed by atoms with Gasteiger partial charge in [-0.05, 0) is 37.3 Å². The second-order valence-electron chi connectivity index (χ2n) is 4.30. The molecule has 2 rings (SSSR count). The van der Waals surface area contributed by atoms with E-state index in [4.69, 9.17) is 0 Å². The van der Waals surface area contributed by atoms with Gasteiger partial charge in [-0.15, -0.1) is 0 Å². The zero-order valence-corrected chi connectivity index (χ0v) is 10.6. The molecule has 5 heteroatoms.